The summed E-state index contributed by atoms with van der Waals surface area (Å²) in [6, 6.07) is 8.11. The third-order valence-electron chi connectivity index (χ3n) is 2.80. The molecule has 1 N–H and O–H groups in total. The molecule has 106 valence electrons. The first-order valence-electron chi connectivity index (χ1n) is 6.68. The lowest BCUT2D eigenvalue weighted by atomic mass is 10.2. The fourth-order valence-electron chi connectivity index (χ4n) is 1.78. The van der Waals surface area contributed by atoms with Crippen LogP contribution in [0.2, 0.25) is 0 Å². The van der Waals surface area contributed by atoms with Crippen molar-refractivity contribution in [2.75, 3.05) is 18.5 Å². The number of para-hydroxylation sites is 1. The van der Waals surface area contributed by atoms with Crippen molar-refractivity contribution in [1.82, 2.24) is 4.98 Å². The maximum Gasteiger partial charge on any atom is 0.330 e. The van der Waals surface area contributed by atoms with Crippen LogP contribution in [0.5, 0.6) is 0 Å². The van der Waals surface area contributed by atoms with E-state index in [0.29, 0.717) is 6.61 Å². The van der Waals surface area contributed by atoms with Crippen LogP contribution in [-0.2, 0) is 9.53 Å². The lowest BCUT2D eigenvalue weighted by Gasteiger charge is -2.03. The van der Waals surface area contributed by atoms with Crippen LogP contribution in [0.3, 0.4) is 0 Å². The predicted molar refractivity (Wildman–Crippen MR) is 83.1 cm³/mol. The summed E-state index contributed by atoms with van der Waals surface area (Å²) in [4.78, 5) is 15.3. The molecule has 0 saturated carbocycles. The van der Waals surface area contributed by atoms with E-state index in [1.807, 2.05) is 18.2 Å². The molecule has 1 aromatic carbocycles. The lowest BCUT2D eigenvalue weighted by Crippen LogP contribution is -2.04. The van der Waals surface area contributed by atoms with Crippen molar-refractivity contribution in [1.29, 1.82) is 0 Å². The number of ether oxygens (including phenoxy) is 1. The van der Waals surface area contributed by atoms with Crippen LogP contribution in [0.4, 0.5) is 5.13 Å². The van der Waals surface area contributed by atoms with E-state index in [2.05, 4.69) is 22.9 Å². The molecule has 2 rings (SSSR count). The van der Waals surface area contributed by atoms with Crippen LogP contribution in [0.15, 0.2) is 36.9 Å². The van der Waals surface area contributed by atoms with Crippen LogP contribution < -0.4 is 5.32 Å². The molecule has 1 aromatic heterocycles. The van der Waals surface area contributed by atoms with Gasteiger partial charge >= 0.3 is 5.97 Å². The summed E-state index contributed by atoms with van der Waals surface area (Å²) in [6.45, 7) is 4.70. The van der Waals surface area contributed by atoms with Crippen LogP contribution in [0.25, 0.3) is 10.2 Å². The summed E-state index contributed by atoms with van der Waals surface area (Å²) in [7, 11) is 0. The number of hydrogen-bond acceptors (Lipinski definition) is 5. The van der Waals surface area contributed by atoms with E-state index in [-0.39, 0.29) is 5.97 Å². The van der Waals surface area contributed by atoms with E-state index < -0.39 is 0 Å². The molecule has 0 aliphatic rings. The number of carbonyl (C=O) groups is 1. The molecule has 0 unspecified atom stereocenters. The molecule has 20 heavy (non-hydrogen) atoms. The Kier molecular flexibility index (Phi) is 5.55. The Morgan fingerprint density at radius 1 is 1.35 bits per heavy atom. The number of fused-ring (bicyclic) bond motifs is 1. The van der Waals surface area contributed by atoms with Crippen molar-refractivity contribution in [3.8, 4) is 0 Å². The topological polar surface area (TPSA) is 51.2 Å². The smallest absolute Gasteiger partial charge is 0.330 e. The van der Waals surface area contributed by atoms with E-state index in [9.17, 15) is 4.79 Å². The van der Waals surface area contributed by atoms with E-state index in [4.69, 9.17) is 4.74 Å². The third-order valence-corrected chi connectivity index (χ3v) is 3.80. The number of nitrogens with zero attached hydrogens (tertiary/aromatic N) is 1. The third kappa shape index (κ3) is 4.35. The first-order chi connectivity index (χ1) is 9.79. The van der Waals surface area contributed by atoms with Crippen LogP contribution in [0, 0.1) is 0 Å². The van der Waals surface area contributed by atoms with Gasteiger partial charge in [0.1, 0.15) is 0 Å². The summed E-state index contributed by atoms with van der Waals surface area (Å²) in [5.41, 5.74) is 1.04. The number of aromatic nitrogens is 1. The highest BCUT2D eigenvalue weighted by atomic mass is 32.1. The standard InChI is InChI=1S/C15H18N2O2S/c1-2-14(18)19-11-7-3-6-10-16-15-17-12-8-4-5-9-13(12)20-15/h2,4-5,8-9H,1,3,6-7,10-11H2,(H,16,17). The second-order valence-corrected chi connectivity index (χ2v) is 5.38. The zero-order valence-corrected chi connectivity index (χ0v) is 12.1. The molecular weight excluding hydrogens is 272 g/mol. The summed E-state index contributed by atoms with van der Waals surface area (Å²) >= 11 is 1.67. The fraction of sp³-hybridized carbons (Fsp3) is 0.333. The monoisotopic (exact) mass is 290 g/mol. The molecule has 0 aliphatic carbocycles. The van der Waals surface area contributed by atoms with Crippen LogP contribution >= 0.6 is 11.3 Å². The van der Waals surface area contributed by atoms with Crippen LogP contribution in [-0.4, -0.2) is 24.1 Å². The Balaban J connectivity index is 1.61. The Morgan fingerprint density at radius 3 is 3.00 bits per heavy atom. The summed E-state index contributed by atoms with van der Waals surface area (Å²) < 4.78 is 6.11. The molecule has 0 saturated heterocycles. The van der Waals surface area contributed by atoms with E-state index in [0.717, 1.165) is 36.5 Å². The van der Waals surface area contributed by atoms with Gasteiger partial charge in [0.25, 0.3) is 0 Å². The van der Waals surface area contributed by atoms with E-state index in [1.54, 1.807) is 11.3 Å². The van der Waals surface area contributed by atoms with Crippen LogP contribution in [0.1, 0.15) is 19.3 Å². The highest BCUT2D eigenvalue weighted by Crippen LogP contribution is 2.25. The van der Waals surface area contributed by atoms with Gasteiger partial charge < -0.3 is 10.1 Å². The lowest BCUT2D eigenvalue weighted by molar-refractivity contribution is -0.137. The first kappa shape index (κ1) is 14.5. The van der Waals surface area contributed by atoms with Gasteiger partial charge in [-0.15, -0.1) is 0 Å². The average Bonchev–Trinajstić information content (AvgIpc) is 2.88. The Hall–Kier alpha value is -1.88. The molecule has 0 aliphatic heterocycles. The molecule has 5 heteroatoms. The minimum Gasteiger partial charge on any atom is -0.463 e. The number of esters is 1. The Bertz CT molecular complexity index is 547. The van der Waals surface area contributed by atoms with Crippen molar-refractivity contribution >= 4 is 32.7 Å². The van der Waals surface area contributed by atoms with Crippen molar-refractivity contribution in [2.24, 2.45) is 0 Å². The second-order valence-electron chi connectivity index (χ2n) is 4.35. The molecule has 0 fully saturated rings. The van der Waals surface area contributed by atoms with Gasteiger partial charge in [0.05, 0.1) is 16.8 Å². The zero-order chi connectivity index (χ0) is 14.2. The van der Waals surface area contributed by atoms with Crippen molar-refractivity contribution in [2.45, 2.75) is 19.3 Å². The van der Waals surface area contributed by atoms with E-state index >= 15 is 0 Å². The van der Waals surface area contributed by atoms with Gasteiger partial charge in [0, 0.05) is 12.6 Å². The molecule has 0 bridgehead atoms. The highest BCUT2D eigenvalue weighted by molar-refractivity contribution is 7.22. The fourth-order valence-corrected chi connectivity index (χ4v) is 2.67. The number of carbonyl (C=O) groups excluding carboxylic acids is 1. The summed E-state index contributed by atoms with van der Waals surface area (Å²) in [5.74, 6) is -0.349. The van der Waals surface area contributed by atoms with Gasteiger partial charge in [0.2, 0.25) is 0 Å². The molecule has 0 atom stereocenters. The highest BCUT2D eigenvalue weighted by Gasteiger charge is 2.01. The number of thiazole rings is 1. The second kappa shape index (κ2) is 7.65. The quantitative estimate of drug-likeness (QED) is 0.458. The number of hydrogen-bond donors (Lipinski definition) is 1. The minimum absolute atomic E-state index is 0.349. The largest absolute Gasteiger partial charge is 0.463 e. The van der Waals surface area contributed by atoms with Gasteiger partial charge in [-0.2, -0.15) is 0 Å². The predicted octanol–water partition coefficient (Wildman–Crippen LogP) is 3.61. The van der Waals surface area contributed by atoms with Crippen molar-refractivity contribution in [3.63, 3.8) is 0 Å². The number of nitrogens with one attached hydrogen (secondary N) is 1. The Morgan fingerprint density at radius 2 is 2.20 bits per heavy atom. The van der Waals surface area contributed by atoms with Crippen molar-refractivity contribution in [3.05, 3.63) is 36.9 Å². The average molecular weight is 290 g/mol. The molecule has 2 aromatic rings. The minimum atomic E-state index is -0.349. The molecular formula is C15H18N2O2S. The van der Waals surface area contributed by atoms with Gasteiger partial charge in [-0.05, 0) is 31.4 Å². The Labute approximate surface area is 122 Å². The van der Waals surface area contributed by atoms with Gasteiger partial charge in [0.15, 0.2) is 5.13 Å². The summed E-state index contributed by atoms with van der Waals surface area (Å²) in [5, 5.41) is 4.29. The molecule has 1 heterocycles. The van der Waals surface area contributed by atoms with Crippen molar-refractivity contribution < 1.29 is 9.53 Å². The van der Waals surface area contributed by atoms with E-state index in [1.165, 1.54) is 10.8 Å². The number of rotatable bonds is 8. The molecule has 4 nitrogen and oxygen atoms in total. The molecule has 0 amide bonds. The molecule has 0 radical (unpaired) electrons. The maximum absolute atomic E-state index is 10.8. The molecule has 0 spiro atoms. The maximum atomic E-state index is 10.8. The summed E-state index contributed by atoms with van der Waals surface area (Å²) in [6.07, 6.45) is 4.11. The number of unbranched alkanes of at least 4 members (excludes halogenated alkanes) is 2. The first-order valence-corrected chi connectivity index (χ1v) is 7.50. The number of anilines is 1. The van der Waals surface area contributed by atoms with Gasteiger partial charge in [-0.3, -0.25) is 0 Å². The normalized spacial score (nSPS) is 10.4. The van der Waals surface area contributed by atoms with Gasteiger partial charge in [-0.1, -0.05) is 30.0 Å². The van der Waals surface area contributed by atoms with Gasteiger partial charge in [-0.25, -0.2) is 9.78 Å². The number of benzene rings is 1. The zero-order valence-electron chi connectivity index (χ0n) is 11.3. The SMILES string of the molecule is C=CC(=O)OCCCCCNc1nc2ccccc2s1.